The summed E-state index contributed by atoms with van der Waals surface area (Å²) < 4.78 is 35.1. The first-order valence-corrected chi connectivity index (χ1v) is 10.6. The molecule has 0 atom stereocenters. The van der Waals surface area contributed by atoms with Crippen LogP contribution in [0, 0.1) is 11.6 Å². The highest BCUT2D eigenvalue weighted by Gasteiger charge is 2.18. The van der Waals surface area contributed by atoms with Crippen LogP contribution in [0.1, 0.15) is 25.2 Å². The fraction of sp³-hybridized carbons (Fsp3) is 0.190. The van der Waals surface area contributed by atoms with Crippen LogP contribution < -0.4 is 5.56 Å². The van der Waals surface area contributed by atoms with Crippen molar-refractivity contribution in [3.8, 4) is 5.69 Å². The molecule has 3 rings (SSSR count). The van der Waals surface area contributed by atoms with Crippen molar-refractivity contribution < 1.29 is 18.3 Å². The van der Waals surface area contributed by atoms with Crippen LogP contribution in [0.2, 0.25) is 0 Å². The summed E-state index contributed by atoms with van der Waals surface area (Å²) in [5, 5.41) is 0.153. The monoisotopic (exact) mass is 540 g/mol. The van der Waals surface area contributed by atoms with E-state index >= 15 is 0 Å². The molecular formula is C21H16Br2F2N2O3. The minimum atomic E-state index is -0.626. The van der Waals surface area contributed by atoms with Crippen molar-refractivity contribution in [1.29, 1.82) is 0 Å². The van der Waals surface area contributed by atoms with Crippen LogP contribution >= 0.6 is 31.9 Å². The average molecular weight is 542 g/mol. The van der Waals surface area contributed by atoms with Gasteiger partial charge in [-0.2, -0.15) is 0 Å². The fourth-order valence-corrected chi connectivity index (χ4v) is 4.45. The summed E-state index contributed by atoms with van der Waals surface area (Å²) in [4.78, 5) is 29.3. The molecule has 0 saturated carbocycles. The molecule has 0 amide bonds. The molecule has 0 aliphatic rings. The molecule has 0 fully saturated rings. The second-order valence-corrected chi connectivity index (χ2v) is 7.93. The number of hydrogen-bond donors (Lipinski definition) is 0. The number of aromatic nitrogens is 2. The molecule has 0 spiro atoms. The van der Waals surface area contributed by atoms with Crippen molar-refractivity contribution in [3.05, 3.63) is 72.7 Å². The molecule has 5 nitrogen and oxygen atoms in total. The van der Waals surface area contributed by atoms with Crippen molar-refractivity contribution in [2.75, 3.05) is 6.61 Å². The molecule has 1 heterocycles. The molecule has 0 unspecified atom stereocenters. The topological polar surface area (TPSA) is 61.2 Å². The summed E-state index contributed by atoms with van der Waals surface area (Å²) in [5.74, 6) is -1.34. The SMILES string of the molecule is CCOC(=O)C=Cc1cc2c(=O)n(-c3c(Br)cc(F)cc3Br)c(CC)nc2cc1F. The summed E-state index contributed by atoms with van der Waals surface area (Å²) in [7, 11) is 0. The van der Waals surface area contributed by atoms with Crippen molar-refractivity contribution >= 4 is 54.8 Å². The van der Waals surface area contributed by atoms with Gasteiger partial charge >= 0.3 is 5.97 Å². The van der Waals surface area contributed by atoms with Crippen molar-refractivity contribution in [1.82, 2.24) is 9.55 Å². The lowest BCUT2D eigenvalue weighted by molar-refractivity contribution is -0.137. The highest BCUT2D eigenvalue weighted by Crippen LogP contribution is 2.31. The van der Waals surface area contributed by atoms with Crippen LogP contribution in [0.4, 0.5) is 8.78 Å². The first-order chi connectivity index (χ1) is 14.3. The molecule has 2 aromatic carbocycles. The van der Waals surface area contributed by atoms with E-state index in [-0.39, 0.29) is 23.1 Å². The third-order valence-corrected chi connectivity index (χ3v) is 5.47. The van der Waals surface area contributed by atoms with Crippen LogP contribution in [0.3, 0.4) is 0 Å². The van der Waals surface area contributed by atoms with Crippen LogP contribution in [0.5, 0.6) is 0 Å². The molecular weight excluding hydrogens is 526 g/mol. The van der Waals surface area contributed by atoms with Gasteiger partial charge in [-0.15, -0.1) is 0 Å². The van der Waals surface area contributed by atoms with E-state index in [2.05, 4.69) is 36.8 Å². The molecule has 30 heavy (non-hydrogen) atoms. The minimum absolute atomic E-state index is 0.0440. The molecule has 0 saturated heterocycles. The Morgan fingerprint density at radius 3 is 2.43 bits per heavy atom. The van der Waals surface area contributed by atoms with Gasteiger partial charge in [0.2, 0.25) is 0 Å². The molecule has 3 aromatic rings. The van der Waals surface area contributed by atoms with Gasteiger partial charge in [-0.25, -0.2) is 18.6 Å². The lowest BCUT2D eigenvalue weighted by Gasteiger charge is -2.16. The van der Waals surface area contributed by atoms with Crippen LogP contribution in [-0.2, 0) is 16.0 Å². The Kier molecular flexibility index (Phi) is 6.82. The highest BCUT2D eigenvalue weighted by molar-refractivity contribution is 9.11. The number of rotatable bonds is 5. The first-order valence-electron chi connectivity index (χ1n) is 9.01. The van der Waals surface area contributed by atoms with Gasteiger partial charge in [-0.3, -0.25) is 9.36 Å². The molecule has 0 radical (unpaired) electrons. The highest BCUT2D eigenvalue weighted by atomic mass is 79.9. The van der Waals surface area contributed by atoms with Gasteiger partial charge < -0.3 is 4.74 Å². The number of halogens is 4. The number of carbonyl (C=O) groups excluding carboxylic acids is 1. The Morgan fingerprint density at radius 2 is 1.83 bits per heavy atom. The van der Waals surface area contributed by atoms with Crippen molar-refractivity contribution in [2.45, 2.75) is 20.3 Å². The molecule has 9 heteroatoms. The molecule has 0 aliphatic heterocycles. The van der Waals surface area contributed by atoms with Gasteiger partial charge in [-0.1, -0.05) is 6.92 Å². The Bertz CT molecular complexity index is 1220. The fourth-order valence-electron chi connectivity index (χ4n) is 2.96. The van der Waals surface area contributed by atoms with E-state index in [0.29, 0.717) is 26.9 Å². The van der Waals surface area contributed by atoms with E-state index in [0.717, 1.165) is 12.1 Å². The zero-order valence-corrected chi connectivity index (χ0v) is 19.2. The third kappa shape index (κ3) is 4.37. The van der Waals surface area contributed by atoms with Gasteiger partial charge in [0.25, 0.3) is 5.56 Å². The molecule has 0 aliphatic carbocycles. The molecule has 0 N–H and O–H groups in total. The summed E-state index contributed by atoms with van der Waals surface area (Å²) in [6.45, 7) is 3.66. The zero-order valence-electron chi connectivity index (χ0n) is 16.0. The Labute approximate surface area is 187 Å². The second-order valence-electron chi connectivity index (χ2n) is 6.22. The number of carbonyl (C=O) groups is 1. The largest absolute Gasteiger partial charge is 0.463 e. The smallest absolute Gasteiger partial charge is 0.330 e. The standard InChI is InChI=1S/C21H16Br2F2N2O3/c1-3-18-26-17-10-16(25)11(5-6-19(28)30-4-2)7-13(17)21(29)27(18)20-14(22)8-12(24)9-15(20)23/h5-10H,3-4H2,1-2H3. The van der Waals surface area contributed by atoms with Gasteiger partial charge in [-0.05, 0) is 63.1 Å². The predicted molar refractivity (Wildman–Crippen MR) is 118 cm³/mol. The predicted octanol–water partition coefficient (Wildman–Crippen LogP) is 5.33. The van der Waals surface area contributed by atoms with E-state index in [1.54, 1.807) is 6.92 Å². The van der Waals surface area contributed by atoms with Gasteiger partial charge in [0, 0.05) is 33.1 Å². The number of hydrogen-bond acceptors (Lipinski definition) is 4. The quantitative estimate of drug-likeness (QED) is 0.323. The van der Waals surface area contributed by atoms with Crippen molar-refractivity contribution in [3.63, 3.8) is 0 Å². The van der Waals surface area contributed by atoms with Gasteiger partial charge in [0.15, 0.2) is 0 Å². The molecule has 156 valence electrons. The van der Waals surface area contributed by atoms with E-state index in [1.165, 1.54) is 28.8 Å². The summed E-state index contributed by atoms with van der Waals surface area (Å²) in [6.07, 6.45) is 2.72. The van der Waals surface area contributed by atoms with Gasteiger partial charge in [0.1, 0.15) is 17.5 Å². The van der Waals surface area contributed by atoms with E-state index in [1.807, 2.05) is 6.92 Å². The molecule has 1 aromatic heterocycles. The Hall–Kier alpha value is -2.39. The summed E-state index contributed by atoms with van der Waals surface area (Å²) in [5.41, 5.74) is 0.173. The Balaban J connectivity index is 2.28. The Morgan fingerprint density at radius 1 is 1.17 bits per heavy atom. The lowest BCUT2D eigenvalue weighted by atomic mass is 10.1. The second kappa shape index (κ2) is 9.18. The van der Waals surface area contributed by atoms with Crippen LogP contribution in [0.25, 0.3) is 22.7 Å². The maximum atomic E-state index is 14.5. The number of ether oxygens (including phenoxy) is 1. The lowest BCUT2D eigenvalue weighted by Crippen LogP contribution is -2.24. The zero-order chi connectivity index (χ0) is 22.0. The number of aryl methyl sites for hydroxylation is 1. The normalized spacial score (nSPS) is 11.4. The van der Waals surface area contributed by atoms with Crippen molar-refractivity contribution in [2.24, 2.45) is 0 Å². The third-order valence-electron chi connectivity index (χ3n) is 4.26. The average Bonchev–Trinajstić information content (AvgIpc) is 2.67. The number of esters is 1. The van der Waals surface area contributed by atoms with Crippen LogP contribution in [0.15, 0.2) is 44.1 Å². The first kappa shape index (κ1) is 22.3. The maximum Gasteiger partial charge on any atom is 0.330 e. The van der Waals surface area contributed by atoms with E-state index < -0.39 is 23.2 Å². The number of fused-ring (bicyclic) bond motifs is 1. The van der Waals surface area contributed by atoms with Gasteiger partial charge in [0.05, 0.1) is 23.2 Å². The maximum absolute atomic E-state index is 14.5. The summed E-state index contributed by atoms with van der Waals surface area (Å²) in [6, 6.07) is 4.97. The van der Waals surface area contributed by atoms with E-state index in [9.17, 15) is 18.4 Å². The van der Waals surface area contributed by atoms with Crippen LogP contribution in [-0.4, -0.2) is 22.1 Å². The molecule has 0 bridgehead atoms. The summed E-state index contributed by atoms with van der Waals surface area (Å²) >= 11 is 6.60. The van der Waals surface area contributed by atoms with E-state index in [4.69, 9.17) is 4.74 Å². The minimum Gasteiger partial charge on any atom is -0.463 e. The number of benzene rings is 2. The number of nitrogens with zero attached hydrogens (tertiary/aromatic N) is 2.